The first-order chi connectivity index (χ1) is 14.6. The van der Waals surface area contributed by atoms with Crippen molar-refractivity contribution >= 4 is 29.6 Å². The van der Waals surface area contributed by atoms with Gasteiger partial charge < -0.3 is 19.7 Å². The van der Waals surface area contributed by atoms with Gasteiger partial charge >= 0.3 is 6.03 Å². The quantitative estimate of drug-likeness (QED) is 0.436. The van der Waals surface area contributed by atoms with Crippen LogP contribution in [0.25, 0.3) is 0 Å². The molecule has 10 nitrogen and oxygen atoms in total. The number of aromatic nitrogens is 3. The Morgan fingerprint density at radius 1 is 1.27 bits per heavy atom. The normalized spacial score (nSPS) is 19.8. The van der Waals surface area contributed by atoms with Crippen LogP contribution in [0.15, 0.2) is 5.16 Å². The second-order valence-corrected chi connectivity index (χ2v) is 8.73. The molecule has 168 valence electrons. The number of urea groups is 1. The monoisotopic (exact) mass is 440 g/mol. The van der Waals surface area contributed by atoms with Gasteiger partial charge in [0.1, 0.15) is 0 Å². The van der Waals surface area contributed by atoms with Gasteiger partial charge in [0.15, 0.2) is 5.16 Å². The van der Waals surface area contributed by atoms with Crippen molar-refractivity contribution in [2.45, 2.75) is 50.4 Å². The van der Waals surface area contributed by atoms with Crippen LogP contribution >= 0.6 is 11.8 Å². The Morgan fingerprint density at radius 2 is 2.07 bits per heavy atom. The fourth-order valence-electron chi connectivity index (χ4n) is 3.59. The van der Waals surface area contributed by atoms with Crippen molar-refractivity contribution in [2.24, 2.45) is 5.92 Å². The number of hydrogen-bond donors (Lipinski definition) is 2. The first-order valence-electron chi connectivity index (χ1n) is 10.6. The number of imide groups is 1. The van der Waals surface area contributed by atoms with E-state index in [4.69, 9.17) is 9.47 Å². The molecule has 0 aromatic carbocycles. The molecule has 1 aromatic rings. The lowest BCUT2D eigenvalue weighted by Crippen LogP contribution is -2.41. The zero-order valence-corrected chi connectivity index (χ0v) is 18.6. The molecule has 0 bridgehead atoms. The zero-order chi connectivity index (χ0) is 21.3. The highest BCUT2D eigenvalue weighted by Crippen LogP contribution is 2.27. The summed E-state index contributed by atoms with van der Waals surface area (Å²) >= 11 is 1.28. The minimum atomic E-state index is -0.526. The van der Waals surface area contributed by atoms with Crippen molar-refractivity contribution in [3.8, 4) is 0 Å². The predicted octanol–water partition coefficient (Wildman–Crippen LogP) is 1.26. The van der Waals surface area contributed by atoms with E-state index in [2.05, 4.69) is 37.2 Å². The number of nitrogens with one attached hydrogen (secondary N) is 2. The third kappa shape index (κ3) is 6.58. The maximum atomic E-state index is 12.1. The number of methoxy groups -OCH3 is 1. The van der Waals surface area contributed by atoms with Crippen LogP contribution in [-0.2, 0) is 20.8 Å². The van der Waals surface area contributed by atoms with Crippen LogP contribution in [0.1, 0.15) is 32.6 Å². The van der Waals surface area contributed by atoms with Gasteiger partial charge in [-0.05, 0) is 31.6 Å². The Hall–Kier alpha value is -1.85. The van der Waals surface area contributed by atoms with Gasteiger partial charge in [0, 0.05) is 33.4 Å². The molecular weight excluding hydrogens is 408 g/mol. The van der Waals surface area contributed by atoms with E-state index in [0.717, 1.165) is 57.2 Å². The largest absolute Gasteiger partial charge is 0.383 e. The molecule has 2 fully saturated rings. The number of nitrogens with zero attached hydrogens (tertiary/aromatic N) is 4. The number of carbonyl (C=O) groups excluding carboxylic acids is 2. The van der Waals surface area contributed by atoms with Crippen LogP contribution in [0.5, 0.6) is 0 Å². The second-order valence-electron chi connectivity index (χ2n) is 7.78. The lowest BCUT2D eigenvalue weighted by Gasteiger charge is -2.31. The molecule has 3 heterocycles. The van der Waals surface area contributed by atoms with Crippen molar-refractivity contribution in [3.63, 3.8) is 0 Å². The van der Waals surface area contributed by atoms with E-state index >= 15 is 0 Å². The van der Waals surface area contributed by atoms with E-state index in [-0.39, 0.29) is 17.8 Å². The number of rotatable bonds is 9. The molecule has 11 heteroatoms. The first-order valence-corrected chi connectivity index (χ1v) is 11.5. The highest BCUT2D eigenvalue weighted by Gasteiger charge is 2.26. The predicted molar refractivity (Wildman–Crippen MR) is 114 cm³/mol. The van der Waals surface area contributed by atoms with Gasteiger partial charge in [-0.25, -0.2) is 4.79 Å². The van der Waals surface area contributed by atoms with E-state index in [1.807, 2.05) is 0 Å². The Labute approximate surface area is 181 Å². The van der Waals surface area contributed by atoms with E-state index in [0.29, 0.717) is 24.9 Å². The number of hydrogen-bond acceptors (Lipinski definition) is 8. The molecule has 1 atom stereocenters. The fourth-order valence-corrected chi connectivity index (χ4v) is 4.33. The summed E-state index contributed by atoms with van der Waals surface area (Å²) < 4.78 is 12.8. The van der Waals surface area contributed by atoms with Crippen molar-refractivity contribution in [1.29, 1.82) is 0 Å². The second kappa shape index (κ2) is 11.5. The SMILES string of the molecule is COCCNC(=O)NC(=O)CSc1nnc(N2CCC(C)CC2)n1C[C@@H]1CCCO1. The van der Waals surface area contributed by atoms with Crippen molar-refractivity contribution in [1.82, 2.24) is 25.4 Å². The minimum absolute atomic E-state index is 0.0817. The lowest BCUT2D eigenvalue weighted by atomic mass is 10.00. The number of ether oxygens (including phenoxy) is 2. The molecule has 2 saturated heterocycles. The summed E-state index contributed by atoms with van der Waals surface area (Å²) in [6, 6.07) is -0.526. The average Bonchev–Trinajstić information content (AvgIpc) is 3.38. The Kier molecular flexibility index (Phi) is 8.76. The van der Waals surface area contributed by atoms with Gasteiger partial charge in [-0.15, -0.1) is 10.2 Å². The highest BCUT2D eigenvalue weighted by atomic mass is 32.2. The van der Waals surface area contributed by atoms with Crippen LogP contribution in [0.2, 0.25) is 0 Å². The van der Waals surface area contributed by atoms with Crippen molar-refractivity contribution in [2.75, 3.05) is 50.6 Å². The summed E-state index contributed by atoms with van der Waals surface area (Å²) in [5.41, 5.74) is 0. The fraction of sp³-hybridized carbons (Fsp3) is 0.789. The molecule has 0 unspecified atom stereocenters. The van der Waals surface area contributed by atoms with Gasteiger partial charge in [0.2, 0.25) is 11.9 Å². The van der Waals surface area contributed by atoms with E-state index in [1.54, 1.807) is 7.11 Å². The maximum absolute atomic E-state index is 12.1. The Balaban J connectivity index is 1.60. The third-order valence-corrected chi connectivity index (χ3v) is 6.32. The first kappa shape index (κ1) is 22.8. The molecular formula is C19H32N6O4S. The topological polar surface area (TPSA) is 111 Å². The molecule has 0 radical (unpaired) electrons. The van der Waals surface area contributed by atoms with E-state index < -0.39 is 6.03 Å². The van der Waals surface area contributed by atoms with Gasteiger partial charge in [0.05, 0.1) is 25.0 Å². The number of thioether (sulfide) groups is 1. The van der Waals surface area contributed by atoms with E-state index in [1.165, 1.54) is 11.8 Å². The van der Waals surface area contributed by atoms with Crippen molar-refractivity contribution in [3.05, 3.63) is 0 Å². The summed E-state index contributed by atoms with van der Waals surface area (Å²) in [6.07, 6.45) is 4.49. The van der Waals surface area contributed by atoms with Gasteiger partial charge in [-0.3, -0.25) is 14.7 Å². The zero-order valence-electron chi connectivity index (χ0n) is 17.8. The molecule has 3 rings (SSSR count). The summed E-state index contributed by atoms with van der Waals surface area (Å²) in [5, 5.41) is 14.3. The van der Waals surface area contributed by atoms with E-state index in [9.17, 15) is 9.59 Å². The molecule has 1 aromatic heterocycles. The lowest BCUT2D eigenvalue weighted by molar-refractivity contribution is -0.117. The van der Waals surface area contributed by atoms with Crippen LogP contribution in [0.4, 0.5) is 10.7 Å². The number of anilines is 1. The molecule has 0 aliphatic carbocycles. The Bertz CT molecular complexity index is 701. The summed E-state index contributed by atoms with van der Waals surface area (Å²) in [5.74, 6) is 1.27. The van der Waals surface area contributed by atoms with Crippen LogP contribution in [0.3, 0.4) is 0 Å². The third-order valence-electron chi connectivity index (χ3n) is 5.35. The Morgan fingerprint density at radius 3 is 2.77 bits per heavy atom. The number of piperidine rings is 1. The standard InChI is InChI=1S/C19H32N6O4S/c1-14-5-8-24(9-6-14)18-22-23-19(25(18)12-15-4-3-10-29-15)30-13-16(26)21-17(27)20-7-11-28-2/h14-15H,3-13H2,1-2H3,(H2,20,21,26,27)/t15-/m0/s1. The molecule has 30 heavy (non-hydrogen) atoms. The summed E-state index contributed by atoms with van der Waals surface area (Å²) in [6.45, 7) is 6.38. The van der Waals surface area contributed by atoms with Crippen LogP contribution < -0.4 is 15.5 Å². The van der Waals surface area contributed by atoms with Gasteiger partial charge in [0.25, 0.3) is 0 Å². The van der Waals surface area contributed by atoms with Gasteiger partial charge in [-0.2, -0.15) is 0 Å². The average molecular weight is 441 g/mol. The molecule has 3 amide bonds. The number of carbonyl (C=O) groups is 2. The summed E-state index contributed by atoms with van der Waals surface area (Å²) in [7, 11) is 1.55. The molecule has 0 saturated carbocycles. The van der Waals surface area contributed by atoms with Crippen LogP contribution in [-0.4, -0.2) is 78.5 Å². The minimum Gasteiger partial charge on any atom is -0.383 e. The molecule has 0 spiro atoms. The van der Waals surface area contributed by atoms with Crippen molar-refractivity contribution < 1.29 is 19.1 Å². The highest BCUT2D eigenvalue weighted by molar-refractivity contribution is 7.99. The van der Waals surface area contributed by atoms with Crippen LogP contribution in [0, 0.1) is 5.92 Å². The summed E-state index contributed by atoms with van der Waals surface area (Å²) in [4.78, 5) is 26.1. The number of amides is 3. The smallest absolute Gasteiger partial charge is 0.321 e. The molecule has 2 aliphatic rings. The molecule has 2 aliphatic heterocycles. The maximum Gasteiger partial charge on any atom is 0.321 e. The molecule has 2 N–H and O–H groups in total. The van der Waals surface area contributed by atoms with Gasteiger partial charge in [-0.1, -0.05) is 18.7 Å².